The van der Waals surface area contributed by atoms with Crippen LogP contribution in [0.1, 0.15) is 40.5 Å². The molecule has 0 atom stereocenters. The molecule has 0 spiro atoms. The van der Waals surface area contributed by atoms with Gasteiger partial charge in [0.05, 0.1) is 0 Å². The second-order valence-corrected chi connectivity index (χ2v) is 4.42. The van der Waals surface area contributed by atoms with Gasteiger partial charge in [0.25, 0.3) is 0 Å². The standard InChI is InChI=1S/C10H16/c1-8-5-9(6-8)7-10(2,3)4/h5,7H2,1-4H3. The summed E-state index contributed by atoms with van der Waals surface area (Å²) in [5, 5.41) is 0. The molecule has 1 rings (SSSR count). The van der Waals surface area contributed by atoms with Crippen molar-refractivity contribution in [1.29, 1.82) is 0 Å². The van der Waals surface area contributed by atoms with Crippen LogP contribution in [0.15, 0.2) is 16.9 Å². The zero-order chi connectivity index (χ0) is 7.78. The maximum absolute atomic E-state index is 3.33. The Bertz CT molecular complexity index is 195. The first-order chi connectivity index (χ1) is 4.47. The van der Waals surface area contributed by atoms with Gasteiger partial charge in [-0.05, 0) is 29.9 Å². The fourth-order valence-electron chi connectivity index (χ4n) is 1.35. The Hall–Kier alpha value is -0.480. The lowest BCUT2D eigenvalue weighted by Gasteiger charge is -2.22. The summed E-state index contributed by atoms with van der Waals surface area (Å²) in [4.78, 5) is 0. The molecular weight excluding hydrogens is 120 g/mol. The Morgan fingerprint density at radius 2 is 1.90 bits per heavy atom. The minimum atomic E-state index is 0.447. The summed E-state index contributed by atoms with van der Waals surface area (Å²) in [6.45, 7) is 8.96. The number of hydrogen-bond acceptors (Lipinski definition) is 0. The highest BCUT2D eigenvalue weighted by Gasteiger charge is 2.16. The van der Waals surface area contributed by atoms with Gasteiger partial charge >= 0.3 is 0 Å². The summed E-state index contributed by atoms with van der Waals surface area (Å²) in [5.41, 5.74) is 6.70. The molecule has 0 aliphatic heterocycles. The van der Waals surface area contributed by atoms with Crippen molar-refractivity contribution in [3.8, 4) is 0 Å². The zero-order valence-electron chi connectivity index (χ0n) is 7.41. The van der Waals surface area contributed by atoms with Gasteiger partial charge in [-0.1, -0.05) is 20.8 Å². The summed E-state index contributed by atoms with van der Waals surface area (Å²) < 4.78 is 0. The highest BCUT2D eigenvalue weighted by atomic mass is 14.2. The highest BCUT2D eigenvalue weighted by molar-refractivity contribution is 5.24. The van der Waals surface area contributed by atoms with E-state index in [1.807, 2.05) is 0 Å². The van der Waals surface area contributed by atoms with Crippen molar-refractivity contribution >= 4 is 0 Å². The van der Waals surface area contributed by atoms with Crippen LogP contribution in [0.25, 0.3) is 0 Å². The van der Waals surface area contributed by atoms with Gasteiger partial charge in [-0.3, -0.25) is 0 Å². The predicted molar refractivity (Wildman–Crippen MR) is 44.9 cm³/mol. The molecule has 0 saturated heterocycles. The highest BCUT2D eigenvalue weighted by Crippen LogP contribution is 2.30. The molecule has 1 aliphatic carbocycles. The summed E-state index contributed by atoms with van der Waals surface area (Å²) in [6, 6.07) is 0. The molecule has 0 aromatic heterocycles. The molecule has 0 saturated carbocycles. The molecule has 10 heavy (non-hydrogen) atoms. The molecule has 0 bridgehead atoms. The summed E-state index contributed by atoms with van der Waals surface area (Å²) in [7, 11) is 0. The molecule has 0 aromatic rings. The van der Waals surface area contributed by atoms with Crippen LogP contribution in [-0.2, 0) is 0 Å². The van der Waals surface area contributed by atoms with Gasteiger partial charge in [0.15, 0.2) is 0 Å². The fourth-order valence-corrected chi connectivity index (χ4v) is 1.35. The Balaban J connectivity index is 2.51. The van der Waals surface area contributed by atoms with E-state index >= 15 is 0 Å². The average Bonchev–Trinajstić information content (AvgIpc) is 1.57. The van der Waals surface area contributed by atoms with E-state index in [1.165, 1.54) is 24.0 Å². The van der Waals surface area contributed by atoms with Gasteiger partial charge in [0, 0.05) is 6.42 Å². The van der Waals surface area contributed by atoms with E-state index in [0.29, 0.717) is 5.41 Å². The summed E-state index contributed by atoms with van der Waals surface area (Å²) in [6.07, 6.45) is 2.42. The maximum Gasteiger partial charge on any atom is 0.00414 e. The SMILES string of the molecule is CC1=C=C(CC(C)(C)C)C1. The lowest BCUT2D eigenvalue weighted by molar-refractivity contribution is 0.404. The van der Waals surface area contributed by atoms with Crippen LogP contribution in [0.2, 0.25) is 0 Å². The van der Waals surface area contributed by atoms with E-state index in [-0.39, 0.29) is 0 Å². The molecule has 0 heteroatoms. The lowest BCUT2D eigenvalue weighted by atomic mass is 9.83. The van der Waals surface area contributed by atoms with Gasteiger partial charge < -0.3 is 0 Å². The molecule has 0 fully saturated rings. The van der Waals surface area contributed by atoms with Crippen molar-refractivity contribution in [2.24, 2.45) is 5.41 Å². The lowest BCUT2D eigenvalue weighted by Crippen LogP contribution is -2.08. The van der Waals surface area contributed by atoms with Gasteiger partial charge in [-0.2, -0.15) is 0 Å². The van der Waals surface area contributed by atoms with Crippen molar-refractivity contribution in [3.05, 3.63) is 16.9 Å². The van der Waals surface area contributed by atoms with Gasteiger partial charge in [0.2, 0.25) is 0 Å². The van der Waals surface area contributed by atoms with Crippen molar-refractivity contribution in [2.45, 2.75) is 40.5 Å². The number of rotatable bonds is 1. The monoisotopic (exact) mass is 136 g/mol. The summed E-state index contributed by atoms with van der Waals surface area (Å²) in [5.74, 6) is 0. The quantitative estimate of drug-likeness (QED) is 0.485. The molecule has 1 aliphatic rings. The molecule has 0 aromatic carbocycles. The Morgan fingerprint density at radius 1 is 1.40 bits per heavy atom. The largest absolute Gasteiger partial charge is 0.122 e. The molecule has 0 heterocycles. The van der Waals surface area contributed by atoms with Crippen LogP contribution in [0, 0.1) is 5.41 Å². The number of hydrogen-bond donors (Lipinski definition) is 0. The van der Waals surface area contributed by atoms with Crippen LogP contribution in [0.4, 0.5) is 0 Å². The van der Waals surface area contributed by atoms with Crippen LogP contribution in [0.3, 0.4) is 0 Å². The minimum absolute atomic E-state index is 0.447. The molecule has 0 N–H and O–H groups in total. The van der Waals surface area contributed by atoms with Crippen molar-refractivity contribution in [1.82, 2.24) is 0 Å². The molecular formula is C10H16. The first kappa shape index (κ1) is 7.63. The molecule has 0 nitrogen and oxygen atoms in total. The van der Waals surface area contributed by atoms with Gasteiger partial charge in [-0.15, -0.1) is 5.73 Å². The second kappa shape index (κ2) is 2.29. The normalized spacial score (nSPS) is 17.6. The van der Waals surface area contributed by atoms with Crippen LogP contribution in [-0.4, -0.2) is 0 Å². The van der Waals surface area contributed by atoms with E-state index in [9.17, 15) is 0 Å². The maximum atomic E-state index is 3.33. The molecule has 0 unspecified atom stereocenters. The van der Waals surface area contributed by atoms with E-state index < -0.39 is 0 Å². The fraction of sp³-hybridized carbons (Fsp3) is 0.700. The van der Waals surface area contributed by atoms with Crippen molar-refractivity contribution in [3.63, 3.8) is 0 Å². The first-order valence-corrected chi connectivity index (χ1v) is 3.91. The molecule has 0 radical (unpaired) electrons. The third kappa shape index (κ3) is 2.04. The van der Waals surface area contributed by atoms with Gasteiger partial charge in [-0.25, -0.2) is 0 Å². The van der Waals surface area contributed by atoms with Crippen LogP contribution in [0.5, 0.6) is 0 Å². The zero-order valence-corrected chi connectivity index (χ0v) is 7.41. The first-order valence-electron chi connectivity index (χ1n) is 3.91. The second-order valence-electron chi connectivity index (χ2n) is 4.42. The number of allylic oxidation sites excluding steroid dienone is 1. The Labute approximate surface area is 63.6 Å². The summed E-state index contributed by atoms with van der Waals surface area (Å²) >= 11 is 0. The minimum Gasteiger partial charge on any atom is -0.122 e. The van der Waals surface area contributed by atoms with Gasteiger partial charge in [0.1, 0.15) is 0 Å². The predicted octanol–water partition coefficient (Wildman–Crippen LogP) is 3.30. The van der Waals surface area contributed by atoms with Crippen LogP contribution < -0.4 is 0 Å². The average molecular weight is 136 g/mol. The van der Waals surface area contributed by atoms with Crippen LogP contribution >= 0.6 is 0 Å². The molecule has 0 amide bonds. The molecule has 56 valence electrons. The smallest absolute Gasteiger partial charge is 0.00414 e. The van der Waals surface area contributed by atoms with E-state index in [4.69, 9.17) is 0 Å². The van der Waals surface area contributed by atoms with E-state index in [2.05, 4.69) is 33.4 Å². The topological polar surface area (TPSA) is 0 Å². The third-order valence-corrected chi connectivity index (χ3v) is 1.61. The van der Waals surface area contributed by atoms with Crippen molar-refractivity contribution < 1.29 is 0 Å². The third-order valence-electron chi connectivity index (χ3n) is 1.61. The van der Waals surface area contributed by atoms with E-state index in [1.54, 1.807) is 0 Å². The Kier molecular flexibility index (Phi) is 1.74. The Morgan fingerprint density at radius 3 is 2.20 bits per heavy atom. The van der Waals surface area contributed by atoms with E-state index in [0.717, 1.165) is 0 Å². The van der Waals surface area contributed by atoms with Crippen molar-refractivity contribution in [2.75, 3.05) is 0 Å².